The predicted octanol–water partition coefficient (Wildman–Crippen LogP) is 3.91. The third kappa shape index (κ3) is 4.16. The molecule has 0 unspecified atom stereocenters. The lowest BCUT2D eigenvalue weighted by Gasteiger charge is -2.14. The van der Waals surface area contributed by atoms with Crippen molar-refractivity contribution in [3.63, 3.8) is 0 Å². The lowest BCUT2D eigenvalue weighted by molar-refractivity contribution is 0.0936. The molecule has 1 aliphatic carbocycles. The molecule has 0 radical (unpaired) electrons. The highest BCUT2D eigenvalue weighted by molar-refractivity contribution is 7.92. The Bertz CT molecular complexity index is 1160. The van der Waals surface area contributed by atoms with Gasteiger partial charge in [-0.05, 0) is 72.5 Å². The number of sulfonamides is 1. The Morgan fingerprint density at radius 2 is 1.67 bits per heavy atom. The molecule has 3 aromatic rings. The minimum absolute atomic E-state index is 0.0196. The summed E-state index contributed by atoms with van der Waals surface area (Å²) in [4.78, 5) is 12.7. The molecular formula is C23H22N2O4S. The second-order valence-corrected chi connectivity index (χ2v) is 8.80. The van der Waals surface area contributed by atoms with E-state index in [9.17, 15) is 13.2 Å². The number of carbonyl (C=O) groups is 1. The standard InChI is InChI=1S/C23H22N2O4S/c1-29-19-11-9-18(10-12-19)25-30(27,28)20-13-6-17(7-14-20)23(26)24-22-15-8-16-4-2-3-5-21(16)22/h2-7,9-14,22,25H,8,15H2,1H3,(H,24,26)/t22-/m0/s1. The van der Waals surface area contributed by atoms with Crippen molar-refractivity contribution in [1.29, 1.82) is 0 Å². The van der Waals surface area contributed by atoms with Crippen LogP contribution in [-0.2, 0) is 16.4 Å². The largest absolute Gasteiger partial charge is 0.497 e. The molecule has 0 fully saturated rings. The van der Waals surface area contributed by atoms with Crippen LogP contribution >= 0.6 is 0 Å². The van der Waals surface area contributed by atoms with Gasteiger partial charge in [-0.15, -0.1) is 0 Å². The number of rotatable bonds is 6. The van der Waals surface area contributed by atoms with E-state index in [1.807, 2.05) is 18.2 Å². The van der Waals surface area contributed by atoms with Crippen molar-refractivity contribution in [2.45, 2.75) is 23.8 Å². The van der Waals surface area contributed by atoms with Crippen molar-refractivity contribution < 1.29 is 17.9 Å². The second-order valence-electron chi connectivity index (χ2n) is 7.12. The second kappa shape index (κ2) is 8.20. The number of aryl methyl sites for hydroxylation is 1. The molecule has 0 saturated carbocycles. The average Bonchev–Trinajstić information content (AvgIpc) is 3.17. The van der Waals surface area contributed by atoms with Gasteiger partial charge in [-0.1, -0.05) is 24.3 Å². The van der Waals surface area contributed by atoms with Crippen LogP contribution in [0.4, 0.5) is 5.69 Å². The number of ether oxygens (including phenoxy) is 1. The predicted molar refractivity (Wildman–Crippen MR) is 115 cm³/mol. The minimum Gasteiger partial charge on any atom is -0.497 e. The number of nitrogens with one attached hydrogen (secondary N) is 2. The van der Waals surface area contributed by atoms with E-state index in [1.165, 1.54) is 29.8 Å². The van der Waals surface area contributed by atoms with E-state index in [0.29, 0.717) is 17.0 Å². The summed E-state index contributed by atoms with van der Waals surface area (Å²) in [5, 5.41) is 3.04. The zero-order chi connectivity index (χ0) is 21.1. The van der Waals surface area contributed by atoms with Crippen LogP contribution in [0.15, 0.2) is 77.7 Å². The summed E-state index contributed by atoms with van der Waals surface area (Å²) < 4.78 is 32.8. The summed E-state index contributed by atoms with van der Waals surface area (Å²) in [5.41, 5.74) is 3.25. The number of carbonyl (C=O) groups excluding carboxylic acids is 1. The van der Waals surface area contributed by atoms with Crippen molar-refractivity contribution in [3.8, 4) is 5.75 Å². The summed E-state index contributed by atoms with van der Waals surface area (Å²) in [5.74, 6) is 0.418. The molecule has 154 valence electrons. The van der Waals surface area contributed by atoms with Crippen LogP contribution in [0.5, 0.6) is 5.75 Å². The fourth-order valence-corrected chi connectivity index (χ4v) is 4.67. The van der Waals surface area contributed by atoms with Gasteiger partial charge in [0.15, 0.2) is 0 Å². The number of amides is 1. The molecule has 6 nitrogen and oxygen atoms in total. The topological polar surface area (TPSA) is 84.5 Å². The highest BCUT2D eigenvalue weighted by Crippen LogP contribution is 2.31. The van der Waals surface area contributed by atoms with Gasteiger partial charge < -0.3 is 10.1 Å². The van der Waals surface area contributed by atoms with Gasteiger partial charge in [0.05, 0.1) is 18.0 Å². The van der Waals surface area contributed by atoms with E-state index >= 15 is 0 Å². The fraction of sp³-hybridized carbons (Fsp3) is 0.174. The van der Waals surface area contributed by atoms with Crippen LogP contribution in [0.2, 0.25) is 0 Å². The summed E-state index contributed by atoms with van der Waals surface area (Å²) in [6.45, 7) is 0. The van der Waals surface area contributed by atoms with E-state index in [-0.39, 0.29) is 16.8 Å². The first-order valence-electron chi connectivity index (χ1n) is 9.62. The highest BCUT2D eigenvalue weighted by atomic mass is 32.2. The maximum atomic E-state index is 12.6. The van der Waals surface area contributed by atoms with Crippen LogP contribution < -0.4 is 14.8 Å². The lowest BCUT2D eigenvalue weighted by atomic mass is 10.1. The summed E-state index contributed by atoms with van der Waals surface area (Å²) in [7, 11) is -2.22. The first kappa shape index (κ1) is 20.0. The van der Waals surface area contributed by atoms with Crippen molar-refractivity contribution in [3.05, 3.63) is 89.5 Å². The van der Waals surface area contributed by atoms with Crippen LogP contribution in [0.25, 0.3) is 0 Å². The van der Waals surface area contributed by atoms with Gasteiger partial charge >= 0.3 is 0 Å². The maximum Gasteiger partial charge on any atom is 0.261 e. The first-order chi connectivity index (χ1) is 14.5. The summed E-state index contributed by atoms with van der Waals surface area (Å²) >= 11 is 0. The molecule has 0 bridgehead atoms. The quantitative estimate of drug-likeness (QED) is 0.631. The number of hydrogen-bond donors (Lipinski definition) is 2. The van der Waals surface area contributed by atoms with E-state index in [4.69, 9.17) is 4.74 Å². The Morgan fingerprint density at radius 1 is 0.967 bits per heavy atom. The molecule has 0 aliphatic heterocycles. The monoisotopic (exact) mass is 422 g/mol. The SMILES string of the molecule is COc1ccc(NS(=O)(=O)c2ccc(C(=O)N[C@H]3CCc4ccccc43)cc2)cc1. The number of hydrogen-bond acceptors (Lipinski definition) is 4. The van der Waals surface area contributed by atoms with Gasteiger partial charge in [0.25, 0.3) is 15.9 Å². The lowest BCUT2D eigenvalue weighted by Crippen LogP contribution is -2.27. The van der Waals surface area contributed by atoms with Crippen LogP contribution in [0, 0.1) is 0 Å². The smallest absolute Gasteiger partial charge is 0.261 e. The van der Waals surface area contributed by atoms with E-state index in [2.05, 4.69) is 16.1 Å². The van der Waals surface area contributed by atoms with Gasteiger partial charge in [-0.25, -0.2) is 8.42 Å². The molecule has 0 spiro atoms. The molecule has 7 heteroatoms. The molecule has 1 atom stereocenters. The van der Waals surface area contributed by atoms with E-state index < -0.39 is 10.0 Å². The Hall–Kier alpha value is -3.32. The fourth-order valence-electron chi connectivity index (χ4n) is 3.61. The van der Waals surface area contributed by atoms with Crippen molar-refractivity contribution >= 4 is 21.6 Å². The van der Waals surface area contributed by atoms with Gasteiger partial charge in [0.2, 0.25) is 0 Å². The third-order valence-corrected chi connectivity index (χ3v) is 6.60. The molecule has 0 heterocycles. The Labute approximate surface area is 176 Å². The Morgan fingerprint density at radius 3 is 2.37 bits per heavy atom. The van der Waals surface area contributed by atoms with Gasteiger partial charge in [-0.2, -0.15) is 0 Å². The van der Waals surface area contributed by atoms with Gasteiger partial charge in [0, 0.05) is 11.3 Å². The van der Waals surface area contributed by atoms with Gasteiger partial charge in [0.1, 0.15) is 5.75 Å². The third-order valence-electron chi connectivity index (χ3n) is 5.21. The van der Waals surface area contributed by atoms with Crippen LogP contribution in [-0.4, -0.2) is 21.4 Å². The van der Waals surface area contributed by atoms with E-state index in [0.717, 1.165) is 18.4 Å². The number of anilines is 1. The van der Waals surface area contributed by atoms with Crippen molar-refractivity contribution in [2.75, 3.05) is 11.8 Å². The van der Waals surface area contributed by atoms with Crippen LogP contribution in [0.1, 0.15) is 33.9 Å². The molecule has 0 saturated heterocycles. The highest BCUT2D eigenvalue weighted by Gasteiger charge is 2.24. The summed E-state index contributed by atoms with van der Waals surface area (Å²) in [6, 6.07) is 20.6. The van der Waals surface area contributed by atoms with E-state index in [1.54, 1.807) is 31.4 Å². The first-order valence-corrected chi connectivity index (χ1v) is 11.1. The molecule has 4 rings (SSSR count). The molecule has 0 aromatic heterocycles. The average molecular weight is 423 g/mol. The normalized spacial score (nSPS) is 15.3. The zero-order valence-electron chi connectivity index (χ0n) is 16.5. The zero-order valence-corrected chi connectivity index (χ0v) is 17.3. The Balaban J connectivity index is 1.44. The molecule has 30 heavy (non-hydrogen) atoms. The number of methoxy groups -OCH3 is 1. The molecule has 1 aliphatic rings. The molecular weight excluding hydrogens is 400 g/mol. The molecule has 3 aromatic carbocycles. The van der Waals surface area contributed by atoms with Crippen LogP contribution in [0.3, 0.4) is 0 Å². The van der Waals surface area contributed by atoms with Gasteiger partial charge in [-0.3, -0.25) is 9.52 Å². The minimum atomic E-state index is -3.76. The molecule has 1 amide bonds. The Kier molecular flexibility index (Phi) is 5.46. The van der Waals surface area contributed by atoms with Crippen molar-refractivity contribution in [2.24, 2.45) is 0 Å². The molecule has 2 N–H and O–H groups in total. The number of benzene rings is 3. The maximum absolute atomic E-state index is 12.6. The van der Waals surface area contributed by atoms with Crippen molar-refractivity contribution in [1.82, 2.24) is 5.32 Å². The summed E-state index contributed by atoms with van der Waals surface area (Å²) in [6.07, 6.45) is 1.80. The number of fused-ring (bicyclic) bond motifs is 1.